The first-order valence-corrected chi connectivity index (χ1v) is 9.48. The lowest BCUT2D eigenvalue weighted by atomic mass is 10.2. The van der Waals surface area contributed by atoms with Crippen LogP contribution in [0, 0.1) is 6.92 Å². The molecule has 124 valence electrons. The van der Waals surface area contributed by atoms with Gasteiger partial charge in [-0.1, -0.05) is 0 Å². The molecular weight excluding hydrogens is 326 g/mol. The molecule has 6 heteroatoms. The van der Waals surface area contributed by atoms with Crippen LogP contribution in [-0.2, 0) is 5.75 Å². The maximum atomic E-state index is 12.0. The first-order valence-electron chi connectivity index (χ1n) is 7.61. The maximum Gasteiger partial charge on any atom is 0.251 e. The second-order valence-electron chi connectivity index (χ2n) is 5.58. The number of aryl methyl sites for hydroxylation is 1. The van der Waals surface area contributed by atoms with Crippen LogP contribution in [0.4, 0.5) is 0 Å². The topological polar surface area (TPSA) is 45.2 Å². The molecule has 0 saturated carbocycles. The van der Waals surface area contributed by atoms with E-state index in [1.54, 1.807) is 23.1 Å². The Morgan fingerprint density at radius 3 is 2.65 bits per heavy atom. The molecule has 0 bridgehead atoms. The summed E-state index contributed by atoms with van der Waals surface area (Å²) in [5.74, 6) is 0.857. The molecule has 0 unspecified atom stereocenters. The Morgan fingerprint density at radius 1 is 1.30 bits per heavy atom. The fourth-order valence-electron chi connectivity index (χ4n) is 2.03. The van der Waals surface area contributed by atoms with Crippen molar-refractivity contribution in [2.45, 2.75) is 24.0 Å². The minimum absolute atomic E-state index is 0.00423. The SMILES string of the molecule is Cc1nc(CSc2ccc(C(=O)NCCCN(C)C)cc2)cs1. The van der Waals surface area contributed by atoms with Crippen molar-refractivity contribution in [2.24, 2.45) is 0 Å². The molecule has 0 aliphatic rings. The molecule has 0 aliphatic heterocycles. The van der Waals surface area contributed by atoms with Gasteiger partial charge in [-0.25, -0.2) is 4.98 Å². The highest BCUT2D eigenvalue weighted by molar-refractivity contribution is 7.98. The van der Waals surface area contributed by atoms with E-state index in [2.05, 4.69) is 20.6 Å². The summed E-state index contributed by atoms with van der Waals surface area (Å²) in [5.41, 5.74) is 1.82. The average molecular weight is 350 g/mol. The molecule has 1 aromatic heterocycles. The van der Waals surface area contributed by atoms with Crippen LogP contribution < -0.4 is 5.32 Å². The van der Waals surface area contributed by atoms with Crippen molar-refractivity contribution < 1.29 is 4.79 Å². The molecule has 0 spiro atoms. The Morgan fingerprint density at radius 2 is 2.04 bits per heavy atom. The number of thiazole rings is 1. The number of carbonyl (C=O) groups is 1. The molecule has 2 rings (SSSR count). The third kappa shape index (κ3) is 6.33. The predicted molar refractivity (Wildman–Crippen MR) is 98.4 cm³/mol. The molecule has 0 radical (unpaired) electrons. The molecule has 0 fully saturated rings. The average Bonchev–Trinajstić information content (AvgIpc) is 2.95. The number of hydrogen-bond acceptors (Lipinski definition) is 5. The van der Waals surface area contributed by atoms with Crippen molar-refractivity contribution in [3.05, 3.63) is 45.9 Å². The van der Waals surface area contributed by atoms with Crippen molar-refractivity contribution in [1.29, 1.82) is 0 Å². The molecule has 1 heterocycles. The van der Waals surface area contributed by atoms with Crippen LogP contribution in [0.5, 0.6) is 0 Å². The number of amides is 1. The molecule has 0 aliphatic carbocycles. The van der Waals surface area contributed by atoms with Crippen molar-refractivity contribution in [1.82, 2.24) is 15.2 Å². The van der Waals surface area contributed by atoms with Crippen LogP contribution in [0.1, 0.15) is 27.5 Å². The van der Waals surface area contributed by atoms with Crippen LogP contribution >= 0.6 is 23.1 Å². The number of aromatic nitrogens is 1. The minimum atomic E-state index is -0.00423. The van der Waals surface area contributed by atoms with Crippen LogP contribution in [0.25, 0.3) is 0 Å². The first kappa shape index (κ1) is 18.0. The zero-order chi connectivity index (χ0) is 16.7. The normalized spacial score (nSPS) is 11.0. The fraction of sp³-hybridized carbons (Fsp3) is 0.412. The molecule has 0 saturated heterocycles. The largest absolute Gasteiger partial charge is 0.352 e. The van der Waals surface area contributed by atoms with E-state index in [-0.39, 0.29) is 5.91 Å². The Balaban J connectivity index is 1.78. The number of carbonyl (C=O) groups excluding carboxylic acids is 1. The maximum absolute atomic E-state index is 12.0. The number of nitrogens with one attached hydrogen (secondary N) is 1. The predicted octanol–water partition coefficient (Wildman–Crippen LogP) is 3.43. The Bertz CT molecular complexity index is 623. The smallest absolute Gasteiger partial charge is 0.251 e. The summed E-state index contributed by atoms with van der Waals surface area (Å²) < 4.78 is 0. The van der Waals surface area contributed by atoms with E-state index in [0.29, 0.717) is 12.1 Å². The Kier molecular flexibility index (Phi) is 7.08. The van der Waals surface area contributed by atoms with E-state index in [9.17, 15) is 4.79 Å². The third-order valence-corrected chi connectivity index (χ3v) is 5.11. The van der Waals surface area contributed by atoms with Crippen molar-refractivity contribution in [3.63, 3.8) is 0 Å². The van der Waals surface area contributed by atoms with Crippen LogP contribution in [0.15, 0.2) is 34.5 Å². The third-order valence-electron chi connectivity index (χ3n) is 3.24. The molecular formula is C17H23N3OS2. The first-order chi connectivity index (χ1) is 11.0. The molecule has 1 aromatic carbocycles. The van der Waals surface area contributed by atoms with Gasteiger partial charge in [0, 0.05) is 28.1 Å². The lowest BCUT2D eigenvalue weighted by molar-refractivity contribution is 0.0952. The lowest BCUT2D eigenvalue weighted by Gasteiger charge is -2.10. The van der Waals surface area contributed by atoms with Gasteiger partial charge in [-0.3, -0.25) is 4.79 Å². The van der Waals surface area contributed by atoms with E-state index >= 15 is 0 Å². The second-order valence-corrected chi connectivity index (χ2v) is 7.69. The van der Waals surface area contributed by atoms with Crippen molar-refractivity contribution in [2.75, 3.05) is 27.2 Å². The Labute approximate surface area is 146 Å². The van der Waals surface area contributed by atoms with Gasteiger partial charge in [0.05, 0.1) is 10.7 Å². The minimum Gasteiger partial charge on any atom is -0.352 e. The van der Waals surface area contributed by atoms with Gasteiger partial charge in [0.1, 0.15) is 0 Å². The number of benzene rings is 1. The lowest BCUT2D eigenvalue weighted by Crippen LogP contribution is -2.27. The van der Waals surface area contributed by atoms with E-state index in [4.69, 9.17) is 0 Å². The van der Waals surface area contributed by atoms with Crippen LogP contribution in [0.3, 0.4) is 0 Å². The molecule has 1 N–H and O–H groups in total. The van der Waals surface area contributed by atoms with Gasteiger partial charge in [-0.15, -0.1) is 23.1 Å². The van der Waals surface area contributed by atoms with Crippen LogP contribution in [-0.4, -0.2) is 43.0 Å². The van der Waals surface area contributed by atoms with E-state index in [1.165, 1.54) is 0 Å². The highest BCUT2D eigenvalue weighted by Gasteiger charge is 2.05. The molecule has 0 atom stereocenters. The van der Waals surface area contributed by atoms with E-state index in [1.807, 2.05) is 45.3 Å². The summed E-state index contributed by atoms with van der Waals surface area (Å²) in [4.78, 5) is 19.8. The van der Waals surface area contributed by atoms with Gasteiger partial charge in [-0.05, 0) is 58.3 Å². The van der Waals surface area contributed by atoms with Gasteiger partial charge < -0.3 is 10.2 Å². The standard InChI is InChI=1S/C17H23N3OS2/c1-13-19-15(11-22-13)12-23-16-7-5-14(6-8-16)17(21)18-9-4-10-20(2)3/h5-8,11H,4,9-10,12H2,1-3H3,(H,18,21). The molecule has 1 amide bonds. The van der Waals surface area contributed by atoms with E-state index < -0.39 is 0 Å². The summed E-state index contributed by atoms with van der Waals surface area (Å²) in [5, 5.41) is 6.15. The molecule has 23 heavy (non-hydrogen) atoms. The van der Waals surface area contributed by atoms with Crippen molar-refractivity contribution >= 4 is 29.0 Å². The highest BCUT2D eigenvalue weighted by Crippen LogP contribution is 2.23. The number of hydrogen-bond donors (Lipinski definition) is 1. The number of rotatable bonds is 8. The summed E-state index contributed by atoms with van der Waals surface area (Å²) in [6, 6.07) is 7.77. The zero-order valence-electron chi connectivity index (χ0n) is 13.8. The monoisotopic (exact) mass is 349 g/mol. The zero-order valence-corrected chi connectivity index (χ0v) is 15.5. The van der Waals surface area contributed by atoms with Crippen LogP contribution in [0.2, 0.25) is 0 Å². The summed E-state index contributed by atoms with van der Waals surface area (Å²) >= 11 is 3.42. The molecule has 4 nitrogen and oxygen atoms in total. The Hall–Kier alpha value is -1.37. The van der Waals surface area contributed by atoms with Crippen molar-refractivity contribution in [3.8, 4) is 0 Å². The quantitative estimate of drug-likeness (QED) is 0.586. The summed E-state index contributed by atoms with van der Waals surface area (Å²) in [6.45, 7) is 3.70. The van der Waals surface area contributed by atoms with Gasteiger partial charge in [0.2, 0.25) is 0 Å². The van der Waals surface area contributed by atoms with Gasteiger partial charge in [-0.2, -0.15) is 0 Å². The number of thioether (sulfide) groups is 1. The highest BCUT2D eigenvalue weighted by atomic mass is 32.2. The fourth-order valence-corrected chi connectivity index (χ4v) is 3.54. The van der Waals surface area contributed by atoms with E-state index in [0.717, 1.165) is 34.3 Å². The summed E-state index contributed by atoms with van der Waals surface area (Å²) in [6.07, 6.45) is 0.958. The summed E-state index contributed by atoms with van der Waals surface area (Å²) in [7, 11) is 4.07. The van der Waals surface area contributed by atoms with Gasteiger partial charge in [0.15, 0.2) is 0 Å². The molecule has 2 aromatic rings. The van der Waals surface area contributed by atoms with Gasteiger partial charge in [0.25, 0.3) is 5.91 Å². The second kappa shape index (κ2) is 9.05. The number of nitrogens with zero attached hydrogens (tertiary/aromatic N) is 2. The van der Waals surface area contributed by atoms with Gasteiger partial charge >= 0.3 is 0 Å².